The van der Waals surface area contributed by atoms with Crippen LogP contribution in [-0.4, -0.2) is 26.6 Å². The summed E-state index contributed by atoms with van der Waals surface area (Å²) >= 11 is 0. The Morgan fingerprint density at radius 2 is 1.27 bits per heavy atom. The van der Waals surface area contributed by atoms with Gasteiger partial charge in [-0.3, -0.25) is 0 Å². The first-order chi connectivity index (χ1) is 7.35. The summed E-state index contributed by atoms with van der Waals surface area (Å²) in [7, 11) is 2.05. The van der Waals surface area contributed by atoms with Crippen molar-refractivity contribution < 1.29 is 0 Å². The second-order valence-corrected chi connectivity index (χ2v) is 21.9. The van der Waals surface area contributed by atoms with E-state index in [9.17, 15) is 0 Å². The molecule has 0 saturated heterocycles. The molecule has 0 rings (SSSR count). The smallest absolute Gasteiger partial charge is 0.0207 e. The van der Waals surface area contributed by atoms with Gasteiger partial charge >= 0.3 is 0 Å². The molecule has 0 aromatic heterocycles. The van der Waals surface area contributed by atoms with Gasteiger partial charge < -0.3 is 0 Å². The van der Waals surface area contributed by atoms with Gasteiger partial charge in [0, 0.05) is 8.31 Å². The van der Waals surface area contributed by atoms with Crippen LogP contribution >= 0.6 is 0 Å². The lowest BCUT2D eigenvalue weighted by molar-refractivity contribution is 0.688. The highest BCUT2D eigenvalue weighted by molar-refractivity contribution is 7.31. The summed E-state index contributed by atoms with van der Waals surface area (Å²) in [5, 5.41) is 0. The summed E-state index contributed by atoms with van der Waals surface area (Å²) in [6, 6.07) is 3.45. The highest BCUT2D eigenvalue weighted by Crippen LogP contribution is 2.12. The fraction of sp³-hybridized carbons (Fsp3) is 1.00. The maximum atomic E-state index is 2.32. The third-order valence-corrected chi connectivity index (χ3v) is 23.4. The Bertz CT molecular complexity index is 105. The van der Waals surface area contributed by atoms with Gasteiger partial charge in [-0.1, -0.05) is 77.3 Å². The Morgan fingerprint density at radius 3 is 1.60 bits per heavy atom. The van der Waals surface area contributed by atoms with Crippen molar-refractivity contribution in [1.82, 2.24) is 0 Å². The van der Waals surface area contributed by atoms with Crippen molar-refractivity contribution >= 4 is 26.6 Å². The van der Waals surface area contributed by atoms with E-state index in [1.165, 1.54) is 38.5 Å². The molecule has 0 amide bonds. The van der Waals surface area contributed by atoms with Crippen LogP contribution in [0.1, 0.15) is 65.2 Å². The molecule has 0 atom stereocenters. The molecule has 0 unspecified atom stereocenters. The van der Waals surface area contributed by atoms with Gasteiger partial charge in [0.1, 0.15) is 0 Å². The standard InChI is InChI=1S/C12H32Si3/c1-3-5-7-9-11-15(14-13)12-10-8-6-4-2/h15H,3-12,14H2,1-2,13H3. The average molecular weight is 261 g/mol. The van der Waals surface area contributed by atoms with Gasteiger partial charge in [-0.2, -0.15) is 0 Å². The lowest BCUT2D eigenvalue weighted by Crippen LogP contribution is -2.22. The van der Waals surface area contributed by atoms with E-state index >= 15 is 0 Å². The van der Waals surface area contributed by atoms with Crippen LogP contribution in [0.25, 0.3) is 0 Å². The molecule has 0 aromatic carbocycles. The fourth-order valence-corrected chi connectivity index (χ4v) is 16.6. The quantitative estimate of drug-likeness (QED) is 0.395. The predicted octanol–water partition coefficient (Wildman–Crippen LogP) is 2.32. The molecule has 0 N–H and O–H groups in total. The molecule has 0 fully saturated rings. The molecule has 0 nitrogen and oxygen atoms in total. The van der Waals surface area contributed by atoms with E-state index < -0.39 is 0 Å². The Balaban J connectivity index is 3.29. The predicted molar refractivity (Wildman–Crippen MR) is 83.5 cm³/mol. The number of rotatable bonds is 11. The molecule has 0 bridgehead atoms. The Morgan fingerprint density at radius 1 is 0.800 bits per heavy atom. The van der Waals surface area contributed by atoms with E-state index in [-0.39, 0.29) is 8.31 Å². The van der Waals surface area contributed by atoms with Gasteiger partial charge in [0.2, 0.25) is 0 Å². The minimum absolute atomic E-state index is 0.0976. The minimum Gasteiger partial charge on any atom is -0.0654 e. The molecule has 0 aliphatic carbocycles. The van der Waals surface area contributed by atoms with Crippen molar-refractivity contribution in [1.29, 1.82) is 0 Å². The highest BCUT2D eigenvalue weighted by Gasteiger charge is 2.07. The SMILES string of the molecule is CCCCCC[SiH](CCCCCC)[SiH2][SiH3]. The molecular weight excluding hydrogens is 228 g/mol. The maximum Gasteiger partial charge on any atom is 0.0207 e. The number of unbranched alkanes of at least 4 members (excludes halogenated alkanes) is 6. The van der Waals surface area contributed by atoms with E-state index in [1.54, 1.807) is 34.7 Å². The van der Waals surface area contributed by atoms with Crippen LogP contribution in [0.2, 0.25) is 12.1 Å². The molecule has 3 heteroatoms. The highest BCUT2D eigenvalue weighted by atomic mass is 29.5. The number of hydrogen-bond donors (Lipinski definition) is 0. The lowest BCUT2D eigenvalue weighted by atomic mass is 10.2. The van der Waals surface area contributed by atoms with E-state index in [2.05, 4.69) is 13.8 Å². The van der Waals surface area contributed by atoms with Crippen molar-refractivity contribution in [3.63, 3.8) is 0 Å². The van der Waals surface area contributed by atoms with E-state index in [4.69, 9.17) is 0 Å². The van der Waals surface area contributed by atoms with Crippen LogP contribution in [-0.2, 0) is 0 Å². The lowest BCUT2D eigenvalue weighted by Gasteiger charge is -2.12. The van der Waals surface area contributed by atoms with Crippen molar-refractivity contribution in [2.75, 3.05) is 0 Å². The minimum atomic E-state index is -0.0976. The summed E-state index contributed by atoms with van der Waals surface area (Å²) in [6.07, 6.45) is 12.0. The van der Waals surface area contributed by atoms with Gasteiger partial charge in [-0.05, 0) is 18.3 Å². The van der Waals surface area contributed by atoms with Gasteiger partial charge in [-0.25, -0.2) is 0 Å². The second-order valence-electron chi connectivity index (χ2n) is 4.97. The first kappa shape index (κ1) is 15.7. The zero-order chi connectivity index (χ0) is 11.4. The van der Waals surface area contributed by atoms with Crippen LogP contribution in [0.4, 0.5) is 0 Å². The van der Waals surface area contributed by atoms with Crippen LogP contribution < -0.4 is 0 Å². The zero-order valence-corrected chi connectivity index (χ0v) is 15.9. The molecule has 15 heavy (non-hydrogen) atoms. The molecule has 0 saturated carbocycles. The first-order valence-corrected chi connectivity index (χ1v) is 17.9. The molecule has 0 aliphatic heterocycles. The molecule has 0 aliphatic rings. The summed E-state index contributed by atoms with van der Waals surface area (Å²) in [6.45, 7) is 4.64. The van der Waals surface area contributed by atoms with Crippen molar-refractivity contribution in [3.8, 4) is 0 Å². The Hall–Kier alpha value is 0.651. The van der Waals surface area contributed by atoms with Crippen LogP contribution in [0.3, 0.4) is 0 Å². The van der Waals surface area contributed by atoms with E-state index in [0.29, 0.717) is 8.55 Å². The molecular formula is C12H32Si3. The zero-order valence-electron chi connectivity index (χ0n) is 11.4. The summed E-state index contributed by atoms with van der Waals surface area (Å²) in [5.41, 5.74) is 0. The largest absolute Gasteiger partial charge is 0.0654 e. The molecule has 92 valence electrons. The van der Waals surface area contributed by atoms with Gasteiger partial charge in [0.15, 0.2) is 0 Å². The fourth-order valence-electron chi connectivity index (χ4n) is 2.27. The Kier molecular flexibility index (Phi) is 13.3. The van der Waals surface area contributed by atoms with Crippen LogP contribution in [0.15, 0.2) is 0 Å². The van der Waals surface area contributed by atoms with Crippen molar-refractivity contribution in [2.45, 2.75) is 77.3 Å². The van der Waals surface area contributed by atoms with Crippen LogP contribution in [0, 0.1) is 0 Å². The number of hydrogen-bond acceptors (Lipinski definition) is 0. The molecule has 0 spiro atoms. The summed E-state index contributed by atoms with van der Waals surface area (Å²) in [5.74, 6) is 0. The van der Waals surface area contributed by atoms with Gasteiger partial charge in [0.25, 0.3) is 0 Å². The third kappa shape index (κ3) is 10.9. The maximum absolute atomic E-state index is 2.32. The van der Waals surface area contributed by atoms with Crippen molar-refractivity contribution in [3.05, 3.63) is 0 Å². The molecule has 0 heterocycles. The van der Waals surface area contributed by atoms with E-state index in [1.807, 2.05) is 0 Å². The normalized spacial score (nSPS) is 12.2. The molecule has 0 aromatic rings. The van der Waals surface area contributed by atoms with Gasteiger partial charge in [0.05, 0.1) is 0 Å². The monoisotopic (exact) mass is 260 g/mol. The Labute approximate surface area is 104 Å². The summed E-state index contributed by atoms with van der Waals surface area (Å²) in [4.78, 5) is 0. The average Bonchev–Trinajstić information content (AvgIpc) is 2.27. The second kappa shape index (κ2) is 12.7. The van der Waals surface area contributed by atoms with Crippen LogP contribution in [0.5, 0.6) is 0 Å². The third-order valence-electron chi connectivity index (χ3n) is 3.51. The molecule has 0 radical (unpaired) electrons. The summed E-state index contributed by atoms with van der Waals surface area (Å²) < 4.78 is 0. The van der Waals surface area contributed by atoms with Crippen molar-refractivity contribution in [2.24, 2.45) is 0 Å². The van der Waals surface area contributed by atoms with E-state index in [0.717, 1.165) is 0 Å². The topological polar surface area (TPSA) is 0 Å². The van der Waals surface area contributed by atoms with Gasteiger partial charge in [-0.15, -0.1) is 0 Å². The first-order valence-electron chi connectivity index (χ1n) is 7.35.